The lowest BCUT2D eigenvalue weighted by Gasteiger charge is -2.36. The van der Waals surface area contributed by atoms with Crippen LogP contribution in [0, 0.1) is 0 Å². The Morgan fingerprint density at radius 3 is 1.98 bits per heavy atom. The molecule has 3 aromatic carbocycles. The molecular weight excluding hydrogens is 555 g/mol. The van der Waals surface area contributed by atoms with Gasteiger partial charge in [-0.25, -0.2) is 9.37 Å². The van der Waals surface area contributed by atoms with Crippen molar-refractivity contribution in [2.24, 2.45) is 5.16 Å². The molecule has 0 aliphatic carbocycles. The summed E-state index contributed by atoms with van der Waals surface area (Å²) < 4.78 is 38.9. The molecule has 5 rings (SSSR count). The van der Waals surface area contributed by atoms with Crippen molar-refractivity contribution in [3.63, 3.8) is 0 Å². The number of benzene rings is 3. The first-order chi connectivity index (χ1) is 19.9. The second-order valence-corrected chi connectivity index (χ2v) is 9.90. The molecule has 3 N–H and O–H groups in total. The molecule has 0 radical (unpaired) electrons. The summed E-state index contributed by atoms with van der Waals surface area (Å²) >= 11 is 1.12. The van der Waals surface area contributed by atoms with E-state index in [-0.39, 0.29) is 5.69 Å². The molecule has 8 nitrogen and oxygen atoms in total. The Balaban J connectivity index is 1.55. The number of aromatic nitrogens is 1. The van der Waals surface area contributed by atoms with E-state index in [0.29, 0.717) is 5.13 Å². The van der Waals surface area contributed by atoms with Crippen molar-refractivity contribution in [3.8, 4) is 0 Å². The normalized spacial score (nSPS) is 17.0. The highest BCUT2D eigenvalue weighted by Gasteiger charge is 2.42. The Bertz CT molecular complexity index is 1420. The number of thiazole rings is 1. The molecule has 2 amide bonds. The predicted molar refractivity (Wildman–Crippen MR) is 148 cm³/mol. The van der Waals surface area contributed by atoms with Gasteiger partial charge in [0, 0.05) is 5.38 Å². The van der Waals surface area contributed by atoms with E-state index in [0.717, 1.165) is 28.0 Å². The van der Waals surface area contributed by atoms with Crippen LogP contribution in [0.3, 0.4) is 0 Å². The molecule has 1 saturated heterocycles. The van der Waals surface area contributed by atoms with Crippen molar-refractivity contribution in [2.75, 3.05) is 12.0 Å². The molecule has 1 aliphatic heterocycles. The van der Waals surface area contributed by atoms with E-state index in [9.17, 15) is 22.8 Å². The maximum atomic E-state index is 13.1. The Morgan fingerprint density at radius 1 is 0.976 bits per heavy atom. The number of anilines is 1. The van der Waals surface area contributed by atoms with Gasteiger partial charge in [0.1, 0.15) is 23.9 Å². The zero-order valence-corrected chi connectivity index (χ0v) is 22.2. The number of hydrogen-bond acceptors (Lipinski definition) is 7. The van der Waals surface area contributed by atoms with Crippen LogP contribution < -0.4 is 16.0 Å². The fourth-order valence-electron chi connectivity index (χ4n) is 4.62. The van der Waals surface area contributed by atoms with Gasteiger partial charge in [0.05, 0.1) is 6.04 Å². The van der Waals surface area contributed by atoms with Crippen molar-refractivity contribution in [1.29, 1.82) is 0 Å². The van der Waals surface area contributed by atoms with E-state index in [1.807, 2.05) is 91.0 Å². The van der Waals surface area contributed by atoms with Crippen LogP contribution in [0.1, 0.15) is 22.4 Å². The van der Waals surface area contributed by atoms with E-state index in [1.165, 1.54) is 5.38 Å². The third-order valence-electron chi connectivity index (χ3n) is 6.57. The van der Waals surface area contributed by atoms with Crippen LogP contribution in [-0.4, -0.2) is 47.9 Å². The fraction of sp³-hybridized carbons (Fsp3) is 0.172. The van der Waals surface area contributed by atoms with Crippen LogP contribution in [0.4, 0.5) is 18.3 Å². The van der Waals surface area contributed by atoms with Crippen molar-refractivity contribution >= 4 is 34.0 Å². The summed E-state index contributed by atoms with van der Waals surface area (Å²) in [5.41, 5.74) is 1.10. The van der Waals surface area contributed by atoms with Gasteiger partial charge >= 0.3 is 6.61 Å². The minimum Gasteiger partial charge on any atom is -0.346 e. The highest BCUT2D eigenvalue weighted by molar-refractivity contribution is 7.14. The van der Waals surface area contributed by atoms with Crippen molar-refractivity contribution < 1.29 is 27.6 Å². The van der Waals surface area contributed by atoms with Gasteiger partial charge in [0.15, 0.2) is 10.8 Å². The summed E-state index contributed by atoms with van der Waals surface area (Å²) in [6.45, 7) is -4.22. The lowest BCUT2D eigenvalue weighted by Crippen LogP contribution is -2.70. The monoisotopic (exact) mass is 579 g/mol. The standard InChI is InChI=1S/C29H24F3N5O3S/c30-16-21-23(25(38)33-21)35-26(39)24(37-40-27(31)32)22-17-41-28(34-22)36-29(18-10-4-1-5-11-18,19-12-6-2-7-13-19)20-14-8-3-9-15-20/h1-15,17,21,23,27H,16H2,(H,33,38)(H,34,36)(H,35,39)/b37-24+. The van der Waals surface area contributed by atoms with E-state index in [2.05, 4.69) is 30.9 Å². The quantitative estimate of drug-likeness (QED) is 0.106. The first kappa shape index (κ1) is 27.8. The molecule has 4 aromatic rings. The summed E-state index contributed by atoms with van der Waals surface area (Å²) in [5.74, 6) is -1.62. The zero-order chi connectivity index (χ0) is 28.8. The number of halogens is 3. The summed E-state index contributed by atoms with van der Waals surface area (Å²) in [5, 5.41) is 13.3. The summed E-state index contributed by atoms with van der Waals surface area (Å²) in [7, 11) is 0. The molecule has 1 aromatic heterocycles. The van der Waals surface area contributed by atoms with Gasteiger partial charge in [0.25, 0.3) is 5.91 Å². The topological polar surface area (TPSA) is 105 Å². The number of amides is 2. The number of hydrogen-bond donors (Lipinski definition) is 3. The third-order valence-corrected chi connectivity index (χ3v) is 7.32. The SMILES string of the molecule is O=C(NC1C(=O)NC1CF)/C(=N/OC(F)F)c1csc(NC(c2ccccc2)(c2ccccc2)c2ccccc2)n1. The number of nitrogens with zero attached hydrogens (tertiary/aromatic N) is 2. The molecule has 12 heteroatoms. The van der Waals surface area contributed by atoms with Crippen LogP contribution in [0.15, 0.2) is 102 Å². The minimum absolute atomic E-state index is 0.0738. The zero-order valence-electron chi connectivity index (χ0n) is 21.3. The van der Waals surface area contributed by atoms with Crippen molar-refractivity contribution in [3.05, 3.63) is 119 Å². The van der Waals surface area contributed by atoms with Gasteiger partial charge in [-0.1, -0.05) is 96.2 Å². The smallest absolute Gasteiger partial charge is 0.346 e. The van der Waals surface area contributed by atoms with Gasteiger partial charge in [0.2, 0.25) is 5.91 Å². The van der Waals surface area contributed by atoms with Gasteiger partial charge in [-0.05, 0) is 16.7 Å². The van der Waals surface area contributed by atoms with Crippen LogP contribution in [0.5, 0.6) is 0 Å². The van der Waals surface area contributed by atoms with Crippen molar-refractivity contribution in [2.45, 2.75) is 24.2 Å². The van der Waals surface area contributed by atoms with Gasteiger partial charge < -0.3 is 20.8 Å². The lowest BCUT2D eigenvalue weighted by atomic mass is 9.77. The van der Waals surface area contributed by atoms with E-state index in [1.54, 1.807) is 0 Å². The second-order valence-electron chi connectivity index (χ2n) is 9.04. The summed E-state index contributed by atoms with van der Waals surface area (Å²) in [6, 6.07) is 27.0. The molecular formula is C29H24F3N5O3S. The molecule has 2 atom stereocenters. The molecule has 41 heavy (non-hydrogen) atoms. The third kappa shape index (κ3) is 5.78. The van der Waals surface area contributed by atoms with Gasteiger partial charge in [-0.3, -0.25) is 9.59 Å². The average Bonchev–Trinajstić information content (AvgIpc) is 3.46. The summed E-state index contributed by atoms with van der Waals surface area (Å²) in [6.07, 6.45) is 0. The van der Waals surface area contributed by atoms with Gasteiger partial charge in [-0.2, -0.15) is 8.78 Å². The predicted octanol–water partition coefficient (Wildman–Crippen LogP) is 4.44. The number of carbonyl (C=O) groups excluding carboxylic acids is 2. The molecule has 210 valence electrons. The molecule has 2 heterocycles. The number of nitrogens with one attached hydrogen (secondary N) is 3. The van der Waals surface area contributed by atoms with E-state index in [4.69, 9.17) is 0 Å². The first-order valence-corrected chi connectivity index (χ1v) is 13.4. The van der Waals surface area contributed by atoms with E-state index >= 15 is 0 Å². The number of alkyl halides is 3. The molecule has 2 unspecified atom stereocenters. The average molecular weight is 580 g/mol. The second kappa shape index (κ2) is 12.2. The number of oxime groups is 1. The molecule has 0 bridgehead atoms. The minimum atomic E-state index is -3.30. The number of rotatable bonds is 11. The Hall–Kier alpha value is -4.71. The molecule has 1 fully saturated rings. The Kier molecular flexibility index (Phi) is 8.29. The maximum Gasteiger partial charge on any atom is 0.407 e. The fourth-order valence-corrected chi connectivity index (χ4v) is 5.37. The number of carbonyl (C=O) groups is 2. The highest BCUT2D eigenvalue weighted by atomic mass is 32.1. The highest BCUT2D eigenvalue weighted by Crippen LogP contribution is 2.40. The van der Waals surface area contributed by atoms with E-state index < -0.39 is 48.4 Å². The largest absolute Gasteiger partial charge is 0.407 e. The molecule has 1 aliphatic rings. The summed E-state index contributed by atoms with van der Waals surface area (Å²) in [4.78, 5) is 33.4. The molecule has 0 saturated carbocycles. The van der Waals surface area contributed by atoms with Crippen LogP contribution in [0.25, 0.3) is 0 Å². The van der Waals surface area contributed by atoms with Crippen molar-refractivity contribution in [1.82, 2.24) is 15.6 Å². The Morgan fingerprint density at radius 2 is 1.51 bits per heavy atom. The maximum absolute atomic E-state index is 13.1. The van der Waals surface area contributed by atoms with Crippen LogP contribution >= 0.6 is 11.3 Å². The first-order valence-electron chi connectivity index (χ1n) is 12.5. The van der Waals surface area contributed by atoms with Crippen LogP contribution in [0.2, 0.25) is 0 Å². The van der Waals surface area contributed by atoms with Gasteiger partial charge in [-0.15, -0.1) is 11.3 Å². The lowest BCUT2D eigenvalue weighted by molar-refractivity contribution is -0.136. The molecule has 0 spiro atoms. The Labute approximate surface area is 237 Å². The number of β-lactam (4-membered cyclic amide) rings is 1. The van der Waals surface area contributed by atoms with Crippen LogP contribution in [-0.2, 0) is 20.0 Å².